The third-order valence-electron chi connectivity index (χ3n) is 4.63. The summed E-state index contributed by atoms with van der Waals surface area (Å²) in [5, 5.41) is 3.67. The third kappa shape index (κ3) is 2.62. The molecule has 110 valence electrons. The van der Waals surface area contributed by atoms with Crippen molar-refractivity contribution in [2.45, 2.75) is 31.7 Å². The standard InChI is InChI=1S/C16H23FN2O/c1-16(12-4-5-12)11-19(9-3-8-18-16)15-10-13(20-2)6-7-14(15)17/h6-7,10,12,18H,3-5,8-9,11H2,1-2H3. The monoisotopic (exact) mass is 278 g/mol. The van der Waals surface area contributed by atoms with Crippen molar-refractivity contribution in [2.75, 3.05) is 31.6 Å². The lowest BCUT2D eigenvalue weighted by molar-refractivity contribution is 0.331. The number of hydrogen-bond acceptors (Lipinski definition) is 3. The van der Waals surface area contributed by atoms with Gasteiger partial charge in [0.15, 0.2) is 0 Å². The fraction of sp³-hybridized carbons (Fsp3) is 0.625. The molecule has 1 aromatic rings. The first-order valence-corrected chi connectivity index (χ1v) is 7.46. The first-order chi connectivity index (χ1) is 9.62. The maximum atomic E-state index is 14.2. The molecule has 20 heavy (non-hydrogen) atoms. The Morgan fingerprint density at radius 1 is 1.40 bits per heavy atom. The summed E-state index contributed by atoms with van der Waals surface area (Å²) in [6.45, 7) is 5.04. The molecule has 0 bridgehead atoms. The number of ether oxygens (including phenoxy) is 1. The number of nitrogens with zero attached hydrogens (tertiary/aromatic N) is 1. The van der Waals surface area contributed by atoms with Crippen molar-refractivity contribution in [3.8, 4) is 5.75 Å². The molecule has 1 aliphatic heterocycles. The second-order valence-corrected chi connectivity index (χ2v) is 6.21. The van der Waals surface area contributed by atoms with Gasteiger partial charge in [-0.25, -0.2) is 4.39 Å². The van der Waals surface area contributed by atoms with Crippen LogP contribution in [-0.4, -0.2) is 32.3 Å². The predicted molar refractivity (Wildman–Crippen MR) is 78.9 cm³/mol. The summed E-state index contributed by atoms with van der Waals surface area (Å²) in [5.41, 5.74) is 0.770. The normalized spacial score (nSPS) is 27.2. The maximum absolute atomic E-state index is 14.2. The quantitative estimate of drug-likeness (QED) is 0.920. The van der Waals surface area contributed by atoms with Crippen LogP contribution in [0.5, 0.6) is 5.75 Å². The van der Waals surface area contributed by atoms with Crippen molar-refractivity contribution in [1.82, 2.24) is 5.32 Å². The van der Waals surface area contributed by atoms with E-state index in [1.807, 2.05) is 6.07 Å². The SMILES string of the molecule is COc1ccc(F)c(N2CCCNC(C)(C3CC3)C2)c1. The summed E-state index contributed by atoms with van der Waals surface area (Å²) < 4.78 is 19.4. The predicted octanol–water partition coefficient (Wildman–Crippen LogP) is 2.80. The average molecular weight is 278 g/mol. The molecule has 1 atom stereocenters. The van der Waals surface area contributed by atoms with E-state index in [1.165, 1.54) is 18.9 Å². The minimum Gasteiger partial charge on any atom is -0.497 e. The topological polar surface area (TPSA) is 24.5 Å². The highest BCUT2D eigenvalue weighted by molar-refractivity contribution is 5.52. The number of nitrogens with one attached hydrogen (secondary N) is 1. The van der Waals surface area contributed by atoms with E-state index in [0.717, 1.165) is 32.0 Å². The van der Waals surface area contributed by atoms with E-state index in [4.69, 9.17) is 4.74 Å². The first kappa shape index (κ1) is 13.7. The maximum Gasteiger partial charge on any atom is 0.146 e. The van der Waals surface area contributed by atoms with Crippen molar-refractivity contribution in [3.63, 3.8) is 0 Å². The number of methoxy groups -OCH3 is 1. The molecule has 0 radical (unpaired) electrons. The smallest absolute Gasteiger partial charge is 0.146 e. The van der Waals surface area contributed by atoms with Crippen LogP contribution in [0.4, 0.5) is 10.1 Å². The summed E-state index contributed by atoms with van der Waals surface area (Å²) in [4.78, 5) is 2.18. The highest BCUT2D eigenvalue weighted by atomic mass is 19.1. The van der Waals surface area contributed by atoms with Gasteiger partial charge in [-0.15, -0.1) is 0 Å². The zero-order valence-electron chi connectivity index (χ0n) is 12.3. The fourth-order valence-electron chi connectivity index (χ4n) is 3.24. The van der Waals surface area contributed by atoms with Crippen LogP contribution < -0.4 is 15.0 Å². The van der Waals surface area contributed by atoms with Crippen molar-refractivity contribution in [3.05, 3.63) is 24.0 Å². The van der Waals surface area contributed by atoms with Gasteiger partial charge in [-0.2, -0.15) is 0 Å². The summed E-state index contributed by atoms with van der Waals surface area (Å²) >= 11 is 0. The van der Waals surface area contributed by atoms with Gasteiger partial charge >= 0.3 is 0 Å². The second kappa shape index (κ2) is 5.24. The van der Waals surface area contributed by atoms with E-state index >= 15 is 0 Å². The zero-order valence-corrected chi connectivity index (χ0v) is 12.3. The highest BCUT2D eigenvalue weighted by Gasteiger charge is 2.43. The van der Waals surface area contributed by atoms with Crippen molar-refractivity contribution < 1.29 is 9.13 Å². The van der Waals surface area contributed by atoms with Crippen molar-refractivity contribution >= 4 is 5.69 Å². The molecule has 0 spiro atoms. The van der Waals surface area contributed by atoms with Crippen molar-refractivity contribution in [1.29, 1.82) is 0 Å². The number of benzene rings is 1. The Hall–Kier alpha value is -1.29. The summed E-state index contributed by atoms with van der Waals surface area (Å²) in [7, 11) is 1.62. The largest absolute Gasteiger partial charge is 0.497 e. The van der Waals surface area contributed by atoms with Gasteiger partial charge in [0.25, 0.3) is 0 Å². The van der Waals surface area contributed by atoms with E-state index in [2.05, 4.69) is 17.1 Å². The van der Waals surface area contributed by atoms with Gasteiger partial charge in [-0.05, 0) is 50.8 Å². The molecule has 4 heteroatoms. The van der Waals surface area contributed by atoms with Crippen LogP contribution in [0.25, 0.3) is 0 Å². The van der Waals surface area contributed by atoms with E-state index < -0.39 is 0 Å². The molecule has 1 saturated carbocycles. The molecule has 1 heterocycles. The van der Waals surface area contributed by atoms with Gasteiger partial charge in [0.2, 0.25) is 0 Å². The van der Waals surface area contributed by atoms with Crippen LogP contribution in [-0.2, 0) is 0 Å². The molecular weight excluding hydrogens is 255 g/mol. The lowest BCUT2D eigenvalue weighted by atomic mass is 9.95. The van der Waals surface area contributed by atoms with Crippen LogP contribution in [0.2, 0.25) is 0 Å². The number of anilines is 1. The molecule has 2 fully saturated rings. The Bertz CT molecular complexity index is 489. The minimum atomic E-state index is -0.161. The second-order valence-electron chi connectivity index (χ2n) is 6.21. The molecule has 1 saturated heterocycles. The van der Waals surface area contributed by atoms with Gasteiger partial charge < -0.3 is 15.0 Å². The average Bonchev–Trinajstić information content (AvgIpc) is 3.27. The van der Waals surface area contributed by atoms with Gasteiger partial charge in [-0.3, -0.25) is 0 Å². The van der Waals surface area contributed by atoms with Crippen LogP contribution in [0.1, 0.15) is 26.2 Å². The molecule has 1 aliphatic carbocycles. The Balaban J connectivity index is 1.87. The Morgan fingerprint density at radius 3 is 2.90 bits per heavy atom. The number of halogens is 1. The van der Waals surface area contributed by atoms with Gasteiger partial charge in [0.05, 0.1) is 12.8 Å². The molecule has 3 nitrogen and oxygen atoms in total. The van der Waals surface area contributed by atoms with Gasteiger partial charge in [0, 0.05) is 24.7 Å². The van der Waals surface area contributed by atoms with E-state index in [-0.39, 0.29) is 11.4 Å². The number of hydrogen-bond donors (Lipinski definition) is 1. The summed E-state index contributed by atoms with van der Waals surface area (Å²) in [6.07, 6.45) is 3.62. The molecule has 2 aliphatic rings. The molecule has 1 unspecified atom stereocenters. The lowest BCUT2D eigenvalue weighted by Gasteiger charge is -2.35. The molecule has 1 N–H and O–H groups in total. The van der Waals surface area contributed by atoms with E-state index in [1.54, 1.807) is 13.2 Å². The molecule has 1 aromatic carbocycles. The molecule has 3 rings (SSSR count). The van der Waals surface area contributed by atoms with Crippen LogP contribution in [0, 0.1) is 11.7 Å². The molecule has 0 amide bonds. The van der Waals surface area contributed by atoms with Crippen LogP contribution in [0.15, 0.2) is 18.2 Å². The van der Waals surface area contributed by atoms with Crippen LogP contribution in [0.3, 0.4) is 0 Å². The van der Waals surface area contributed by atoms with Gasteiger partial charge in [-0.1, -0.05) is 0 Å². The third-order valence-corrected chi connectivity index (χ3v) is 4.63. The fourth-order valence-corrected chi connectivity index (χ4v) is 3.24. The molecular formula is C16H23FN2O. The first-order valence-electron chi connectivity index (χ1n) is 7.46. The van der Waals surface area contributed by atoms with Crippen LogP contribution >= 0.6 is 0 Å². The van der Waals surface area contributed by atoms with Gasteiger partial charge in [0.1, 0.15) is 11.6 Å². The summed E-state index contributed by atoms with van der Waals surface area (Å²) in [5.74, 6) is 1.29. The lowest BCUT2D eigenvalue weighted by Crippen LogP contribution is -2.51. The Morgan fingerprint density at radius 2 is 2.20 bits per heavy atom. The number of rotatable bonds is 3. The van der Waals surface area contributed by atoms with Crippen molar-refractivity contribution in [2.24, 2.45) is 5.92 Å². The minimum absolute atomic E-state index is 0.103. The highest BCUT2D eigenvalue weighted by Crippen LogP contribution is 2.41. The van der Waals surface area contributed by atoms with E-state index in [9.17, 15) is 4.39 Å². The zero-order chi connectivity index (χ0) is 14.2. The Labute approximate surface area is 120 Å². The summed E-state index contributed by atoms with van der Waals surface area (Å²) in [6, 6.07) is 4.99. The van der Waals surface area contributed by atoms with E-state index in [0.29, 0.717) is 11.4 Å². The Kier molecular flexibility index (Phi) is 3.59. The molecule has 0 aromatic heterocycles.